The van der Waals surface area contributed by atoms with E-state index in [0.717, 1.165) is 4.57 Å². The second kappa shape index (κ2) is 7.42. The van der Waals surface area contributed by atoms with Crippen LogP contribution in [0.4, 0.5) is 26.3 Å². The van der Waals surface area contributed by atoms with Gasteiger partial charge in [-0.2, -0.15) is 13.2 Å². The molecule has 5 nitrogen and oxygen atoms in total. The van der Waals surface area contributed by atoms with Gasteiger partial charge in [0, 0.05) is 43.6 Å². The van der Waals surface area contributed by atoms with Crippen LogP contribution in [-0.2, 0) is 19.3 Å². The van der Waals surface area contributed by atoms with Gasteiger partial charge in [-0.25, -0.2) is 13.2 Å². The van der Waals surface area contributed by atoms with E-state index >= 15 is 0 Å². The summed E-state index contributed by atoms with van der Waals surface area (Å²) in [6.07, 6.45) is -2.60. The van der Waals surface area contributed by atoms with Gasteiger partial charge in [-0.05, 0) is 25.2 Å². The van der Waals surface area contributed by atoms with E-state index in [-0.39, 0.29) is 37.3 Å². The van der Waals surface area contributed by atoms with Crippen molar-refractivity contribution in [2.24, 2.45) is 17.6 Å². The topological polar surface area (TPSA) is 60.0 Å². The molecule has 1 aliphatic heterocycles. The Morgan fingerprint density at radius 2 is 1.83 bits per heavy atom. The molecule has 11 heteroatoms. The lowest BCUT2D eigenvalue weighted by Gasteiger charge is -2.43. The van der Waals surface area contributed by atoms with Crippen molar-refractivity contribution in [3.63, 3.8) is 0 Å². The summed E-state index contributed by atoms with van der Waals surface area (Å²) in [5.41, 5.74) is 6.27. The van der Waals surface area contributed by atoms with Crippen LogP contribution < -0.4 is 5.73 Å². The minimum atomic E-state index is -4.55. The van der Waals surface area contributed by atoms with Gasteiger partial charge >= 0.3 is 6.18 Å². The number of alkyl halides is 3. The first-order valence-corrected chi connectivity index (χ1v) is 9.55. The summed E-state index contributed by atoms with van der Waals surface area (Å²) in [4.78, 5) is 2.02. The van der Waals surface area contributed by atoms with Crippen LogP contribution in [-0.4, -0.2) is 38.3 Å². The summed E-state index contributed by atoms with van der Waals surface area (Å²) in [6, 6.07) is -0.411. The Morgan fingerprint density at radius 1 is 1.07 bits per heavy atom. The Bertz CT molecular complexity index is 844. The second-order valence-electron chi connectivity index (χ2n) is 7.95. The molecule has 29 heavy (non-hydrogen) atoms. The lowest BCUT2D eigenvalue weighted by atomic mass is 9.72. The van der Waals surface area contributed by atoms with Crippen LogP contribution in [0.2, 0.25) is 0 Å². The van der Waals surface area contributed by atoms with Crippen molar-refractivity contribution in [1.82, 2.24) is 19.7 Å². The molecule has 1 aromatic heterocycles. The van der Waals surface area contributed by atoms with Crippen LogP contribution in [0.5, 0.6) is 0 Å². The Hall–Kier alpha value is -1.88. The molecule has 4 rings (SSSR count). The van der Waals surface area contributed by atoms with Gasteiger partial charge in [-0.1, -0.05) is 0 Å². The third kappa shape index (κ3) is 3.81. The number of hydrogen-bond donors (Lipinski definition) is 1. The highest BCUT2D eigenvalue weighted by atomic mass is 19.4. The van der Waals surface area contributed by atoms with E-state index in [1.54, 1.807) is 0 Å². The SMILES string of the molecule is NC1C[C@H](N2CCn3c(nnc3C(F)(F)F)C2)CC[C@@H]1C1CC(F)=C(F)C=C1F. The number of nitrogens with two attached hydrogens (primary N) is 1. The zero-order chi connectivity index (χ0) is 20.9. The fraction of sp³-hybridized carbons (Fsp3) is 0.667. The molecule has 0 saturated heterocycles. The first-order chi connectivity index (χ1) is 13.6. The van der Waals surface area contributed by atoms with E-state index in [4.69, 9.17) is 5.73 Å². The molecule has 1 aromatic rings. The van der Waals surface area contributed by atoms with E-state index < -0.39 is 41.4 Å². The highest BCUT2D eigenvalue weighted by Crippen LogP contribution is 2.42. The molecular formula is C18H21F6N5. The zero-order valence-corrected chi connectivity index (χ0v) is 15.5. The van der Waals surface area contributed by atoms with Gasteiger partial charge in [0.25, 0.3) is 0 Å². The molecule has 3 aliphatic rings. The van der Waals surface area contributed by atoms with Gasteiger partial charge in [-0.15, -0.1) is 10.2 Å². The normalized spacial score (nSPS) is 31.6. The minimum Gasteiger partial charge on any atom is -0.327 e. The van der Waals surface area contributed by atoms with Crippen LogP contribution in [0.25, 0.3) is 0 Å². The van der Waals surface area contributed by atoms with Crippen LogP contribution in [0.15, 0.2) is 23.6 Å². The molecule has 0 aromatic carbocycles. The van der Waals surface area contributed by atoms with Gasteiger partial charge < -0.3 is 10.3 Å². The van der Waals surface area contributed by atoms with E-state index in [9.17, 15) is 26.3 Å². The number of nitrogens with zero attached hydrogens (tertiary/aromatic N) is 4. The van der Waals surface area contributed by atoms with Crippen LogP contribution in [0.3, 0.4) is 0 Å². The highest BCUT2D eigenvalue weighted by Gasteiger charge is 2.42. The fourth-order valence-corrected chi connectivity index (χ4v) is 4.79. The number of fused-ring (bicyclic) bond motifs is 1. The number of aromatic nitrogens is 3. The summed E-state index contributed by atoms with van der Waals surface area (Å²) in [5, 5.41) is 6.96. The standard InChI is InChI=1S/C18H21F6N5/c19-12-7-14(21)13(20)6-11(12)10-2-1-9(5-15(10)25)28-3-4-29-16(8-28)26-27-17(29)18(22,23)24/h7,9-11,15H,1-6,8,25H2/t9-,10-,11?,15?/m1/s1. The Morgan fingerprint density at radius 3 is 2.52 bits per heavy atom. The van der Waals surface area contributed by atoms with Gasteiger partial charge in [0.1, 0.15) is 17.5 Å². The predicted octanol–water partition coefficient (Wildman–Crippen LogP) is 3.63. The summed E-state index contributed by atoms with van der Waals surface area (Å²) in [7, 11) is 0. The van der Waals surface area contributed by atoms with E-state index in [1.165, 1.54) is 0 Å². The monoisotopic (exact) mass is 421 g/mol. The molecule has 2 N–H and O–H groups in total. The number of hydrogen-bond acceptors (Lipinski definition) is 4. The van der Waals surface area contributed by atoms with Gasteiger partial charge in [0.15, 0.2) is 5.83 Å². The molecule has 1 fully saturated rings. The van der Waals surface area contributed by atoms with E-state index in [0.29, 0.717) is 31.9 Å². The molecule has 0 spiro atoms. The Labute approximate surface area is 163 Å². The smallest absolute Gasteiger partial charge is 0.327 e. The van der Waals surface area contributed by atoms with Crippen LogP contribution in [0, 0.1) is 11.8 Å². The molecule has 1 saturated carbocycles. The fourth-order valence-electron chi connectivity index (χ4n) is 4.79. The quantitative estimate of drug-likeness (QED) is 0.741. The van der Waals surface area contributed by atoms with Crippen molar-refractivity contribution in [3.8, 4) is 0 Å². The van der Waals surface area contributed by atoms with E-state index in [1.807, 2.05) is 4.90 Å². The molecule has 4 atom stereocenters. The van der Waals surface area contributed by atoms with Crippen molar-refractivity contribution in [3.05, 3.63) is 35.2 Å². The molecule has 0 bridgehead atoms. The summed E-state index contributed by atoms with van der Waals surface area (Å²) < 4.78 is 81.1. The highest BCUT2D eigenvalue weighted by molar-refractivity contribution is 5.26. The van der Waals surface area contributed by atoms with Crippen LogP contribution >= 0.6 is 0 Å². The molecule has 0 radical (unpaired) electrons. The lowest BCUT2D eigenvalue weighted by molar-refractivity contribution is -0.148. The number of allylic oxidation sites excluding steroid dienone is 4. The molecule has 160 valence electrons. The van der Waals surface area contributed by atoms with Crippen molar-refractivity contribution >= 4 is 0 Å². The van der Waals surface area contributed by atoms with Gasteiger partial charge in [0.05, 0.1) is 6.54 Å². The average molecular weight is 421 g/mol. The zero-order valence-electron chi connectivity index (χ0n) is 15.5. The van der Waals surface area contributed by atoms with Crippen molar-refractivity contribution in [2.45, 2.75) is 57.0 Å². The molecule has 2 unspecified atom stereocenters. The van der Waals surface area contributed by atoms with Crippen molar-refractivity contribution in [2.75, 3.05) is 6.54 Å². The average Bonchev–Trinajstić information content (AvgIpc) is 3.08. The molecule has 2 heterocycles. The molecule has 2 aliphatic carbocycles. The lowest BCUT2D eigenvalue weighted by Crippen LogP contribution is -2.50. The maximum absolute atomic E-state index is 14.2. The van der Waals surface area contributed by atoms with Crippen molar-refractivity contribution in [1.29, 1.82) is 0 Å². The molecule has 0 amide bonds. The third-order valence-electron chi connectivity index (χ3n) is 6.27. The molecular weight excluding hydrogens is 400 g/mol. The number of rotatable bonds is 2. The minimum absolute atomic E-state index is 0.00814. The van der Waals surface area contributed by atoms with Crippen molar-refractivity contribution < 1.29 is 26.3 Å². The van der Waals surface area contributed by atoms with Gasteiger partial charge in [-0.3, -0.25) is 4.90 Å². The van der Waals surface area contributed by atoms with Crippen LogP contribution in [0.1, 0.15) is 37.3 Å². The second-order valence-corrected chi connectivity index (χ2v) is 7.95. The summed E-state index contributed by atoms with van der Waals surface area (Å²) in [5.74, 6) is -4.64. The Balaban J connectivity index is 1.41. The summed E-state index contributed by atoms with van der Waals surface area (Å²) >= 11 is 0. The third-order valence-corrected chi connectivity index (χ3v) is 6.27. The first kappa shape index (κ1) is 20.4. The largest absolute Gasteiger partial charge is 0.451 e. The summed E-state index contributed by atoms with van der Waals surface area (Å²) in [6.45, 7) is 0.753. The van der Waals surface area contributed by atoms with Gasteiger partial charge in [0.2, 0.25) is 5.82 Å². The first-order valence-electron chi connectivity index (χ1n) is 9.55. The van der Waals surface area contributed by atoms with E-state index in [2.05, 4.69) is 10.2 Å². The maximum Gasteiger partial charge on any atom is 0.451 e. The predicted molar refractivity (Wildman–Crippen MR) is 91.1 cm³/mol. The number of halogens is 6. The maximum atomic E-state index is 14.2. The Kier molecular flexibility index (Phi) is 5.22.